The first-order valence-electron chi connectivity index (χ1n) is 11.5. The maximum Gasteiger partial charge on any atom is 0.269 e. The molecule has 1 N–H and O–H groups in total. The van der Waals surface area contributed by atoms with E-state index < -0.39 is 34.4 Å². The van der Waals surface area contributed by atoms with E-state index in [9.17, 15) is 22.8 Å². The van der Waals surface area contributed by atoms with Gasteiger partial charge in [0.05, 0.1) is 5.56 Å². The van der Waals surface area contributed by atoms with Crippen LogP contribution in [0.5, 0.6) is 0 Å². The van der Waals surface area contributed by atoms with Gasteiger partial charge in [-0.15, -0.1) is 0 Å². The molecule has 8 nitrogen and oxygen atoms in total. The van der Waals surface area contributed by atoms with Gasteiger partial charge in [-0.25, -0.2) is 12.7 Å². The number of fused-ring (bicyclic) bond motifs is 1. The number of aryl methyl sites for hydroxylation is 1. The van der Waals surface area contributed by atoms with Gasteiger partial charge in [0.2, 0.25) is 11.8 Å². The average Bonchev–Trinajstić information content (AvgIpc) is 3.38. The van der Waals surface area contributed by atoms with E-state index in [4.69, 9.17) is 0 Å². The second-order valence-electron chi connectivity index (χ2n) is 8.99. The Labute approximate surface area is 200 Å². The number of sulfonamides is 1. The SMILES string of the molecule is Cc1cccc(CN(C(=O)CN2C(=O)c3ccccc3S2(=O)=O)[C@@H](C)C(=O)NC2CCCC2)c1. The van der Waals surface area contributed by atoms with Crippen molar-refractivity contribution in [1.29, 1.82) is 0 Å². The molecule has 0 bridgehead atoms. The smallest absolute Gasteiger partial charge is 0.269 e. The van der Waals surface area contributed by atoms with Crippen molar-refractivity contribution < 1.29 is 22.8 Å². The molecule has 9 heteroatoms. The standard InChI is InChI=1S/C25H29N3O5S/c1-17-8-7-9-19(14-17)15-27(18(2)24(30)26-20-10-3-4-11-20)23(29)16-28-25(31)21-12-5-6-13-22(21)34(28,32)33/h5-9,12-14,18,20H,3-4,10-11,15-16H2,1-2H3,(H,26,30)/t18-/m0/s1. The van der Waals surface area contributed by atoms with Crippen LogP contribution in [0.4, 0.5) is 0 Å². The summed E-state index contributed by atoms with van der Waals surface area (Å²) in [4.78, 5) is 40.5. The zero-order valence-electron chi connectivity index (χ0n) is 19.4. The molecule has 1 heterocycles. The molecule has 2 aromatic carbocycles. The van der Waals surface area contributed by atoms with Crippen LogP contribution in [0.1, 0.15) is 54.1 Å². The van der Waals surface area contributed by atoms with Crippen molar-refractivity contribution in [3.63, 3.8) is 0 Å². The predicted octanol–water partition coefficient (Wildman–Crippen LogP) is 2.62. The van der Waals surface area contributed by atoms with E-state index in [1.54, 1.807) is 13.0 Å². The Morgan fingerprint density at radius 2 is 1.82 bits per heavy atom. The van der Waals surface area contributed by atoms with Crippen molar-refractivity contribution in [1.82, 2.24) is 14.5 Å². The van der Waals surface area contributed by atoms with Gasteiger partial charge in [-0.1, -0.05) is 54.8 Å². The molecule has 1 aliphatic carbocycles. The zero-order valence-corrected chi connectivity index (χ0v) is 20.2. The second-order valence-corrected chi connectivity index (χ2v) is 10.8. The molecule has 1 fully saturated rings. The quantitative estimate of drug-likeness (QED) is 0.652. The van der Waals surface area contributed by atoms with Crippen LogP contribution in [0.15, 0.2) is 53.4 Å². The highest BCUT2D eigenvalue weighted by molar-refractivity contribution is 7.90. The summed E-state index contributed by atoms with van der Waals surface area (Å²) in [6.45, 7) is 3.02. The van der Waals surface area contributed by atoms with Gasteiger partial charge in [0.1, 0.15) is 17.5 Å². The molecule has 0 unspecified atom stereocenters. The third-order valence-corrected chi connectivity index (χ3v) is 8.28. The number of hydrogen-bond donors (Lipinski definition) is 1. The van der Waals surface area contributed by atoms with Crippen LogP contribution in [0.2, 0.25) is 0 Å². The molecular formula is C25H29N3O5S. The lowest BCUT2D eigenvalue weighted by atomic mass is 10.1. The summed E-state index contributed by atoms with van der Waals surface area (Å²) in [5.41, 5.74) is 1.86. The number of carbonyl (C=O) groups excluding carboxylic acids is 3. The third-order valence-electron chi connectivity index (χ3n) is 6.50. The van der Waals surface area contributed by atoms with Gasteiger partial charge in [0.25, 0.3) is 15.9 Å². The van der Waals surface area contributed by atoms with Crippen molar-refractivity contribution in [3.8, 4) is 0 Å². The first kappa shape index (κ1) is 23.9. The van der Waals surface area contributed by atoms with Crippen molar-refractivity contribution in [2.24, 2.45) is 0 Å². The monoisotopic (exact) mass is 483 g/mol. The number of rotatable bonds is 7. The summed E-state index contributed by atoms with van der Waals surface area (Å²) in [7, 11) is -4.13. The molecule has 0 spiro atoms. The van der Waals surface area contributed by atoms with Gasteiger partial charge in [-0.3, -0.25) is 14.4 Å². The van der Waals surface area contributed by atoms with E-state index in [1.165, 1.54) is 23.1 Å². The maximum atomic E-state index is 13.4. The average molecular weight is 484 g/mol. The minimum absolute atomic E-state index is 0.0487. The van der Waals surface area contributed by atoms with Crippen LogP contribution >= 0.6 is 0 Å². The van der Waals surface area contributed by atoms with E-state index in [2.05, 4.69) is 5.32 Å². The summed E-state index contributed by atoms with van der Waals surface area (Å²) in [6, 6.07) is 12.7. The van der Waals surface area contributed by atoms with Gasteiger partial charge in [-0.2, -0.15) is 0 Å². The number of nitrogens with one attached hydrogen (secondary N) is 1. The van der Waals surface area contributed by atoms with Gasteiger partial charge in [-0.05, 0) is 44.4 Å². The summed E-state index contributed by atoms with van der Waals surface area (Å²) in [5, 5.41) is 3.01. The van der Waals surface area contributed by atoms with Crippen LogP contribution in [-0.4, -0.2) is 54.0 Å². The summed E-state index contributed by atoms with van der Waals surface area (Å²) >= 11 is 0. The molecule has 4 rings (SSSR count). The van der Waals surface area contributed by atoms with E-state index in [0.29, 0.717) is 4.31 Å². The summed E-state index contributed by atoms with van der Waals surface area (Å²) in [5.74, 6) is -1.63. The van der Waals surface area contributed by atoms with Crippen LogP contribution in [0, 0.1) is 6.92 Å². The fourth-order valence-corrected chi connectivity index (χ4v) is 6.10. The first-order chi connectivity index (χ1) is 16.2. The van der Waals surface area contributed by atoms with Gasteiger partial charge < -0.3 is 10.2 Å². The van der Waals surface area contributed by atoms with Crippen molar-refractivity contribution in [3.05, 3.63) is 65.2 Å². The Bertz CT molecular complexity index is 1220. The molecule has 1 aliphatic heterocycles. The number of hydrogen-bond acceptors (Lipinski definition) is 5. The number of benzene rings is 2. The molecule has 3 amide bonds. The van der Waals surface area contributed by atoms with Gasteiger partial charge >= 0.3 is 0 Å². The topological polar surface area (TPSA) is 104 Å². The van der Waals surface area contributed by atoms with Crippen LogP contribution in [-0.2, 0) is 26.2 Å². The van der Waals surface area contributed by atoms with Gasteiger partial charge in [0, 0.05) is 12.6 Å². The second kappa shape index (κ2) is 9.58. The molecule has 2 aliphatic rings. The molecule has 2 aromatic rings. The Balaban J connectivity index is 1.58. The van der Waals surface area contributed by atoms with E-state index in [1.807, 2.05) is 31.2 Å². The van der Waals surface area contributed by atoms with Crippen molar-refractivity contribution in [2.45, 2.75) is 63.1 Å². The van der Waals surface area contributed by atoms with Crippen LogP contribution in [0.3, 0.4) is 0 Å². The van der Waals surface area contributed by atoms with Crippen LogP contribution in [0.25, 0.3) is 0 Å². The molecule has 0 aromatic heterocycles. The largest absolute Gasteiger partial charge is 0.352 e. The Hall–Kier alpha value is -3.20. The lowest BCUT2D eigenvalue weighted by molar-refractivity contribution is -0.140. The molecule has 1 saturated carbocycles. The fourth-order valence-electron chi connectivity index (χ4n) is 4.58. The van der Waals surface area contributed by atoms with E-state index >= 15 is 0 Å². The lowest BCUT2D eigenvalue weighted by Crippen LogP contribution is -2.52. The van der Waals surface area contributed by atoms with Crippen LogP contribution < -0.4 is 5.32 Å². The van der Waals surface area contributed by atoms with Gasteiger partial charge in [0.15, 0.2) is 0 Å². The molecule has 0 radical (unpaired) electrons. The number of amides is 3. The molecule has 0 saturated heterocycles. The first-order valence-corrected chi connectivity index (χ1v) is 12.9. The molecule has 1 atom stereocenters. The van der Waals surface area contributed by atoms with E-state index in [0.717, 1.165) is 36.8 Å². The van der Waals surface area contributed by atoms with Crippen molar-refractivity contribution >= 4 is 27.7 Å². The zero-order chi connectivity index (χ0) is 24.5. The Kier molecular flexibility index (Phi) is 6.74. The predicted molar refractivity (Wildman–Crippen MR) is 126 cm³/mol. The highest BCUT2D eigenvalue weighted by atomic mass is 32.2. The lowest BCUT2D eigenvalue weighted by Gasteiger charge is -2.31. The Morgan fingerprint density at radius 3 is 2.50 bits per heavy atom. The molecular weight excluding hydrogens is 454 g/mol. The highest BCUT2D eigenvalue weighted by Crippen LogP contribution is 2.30. The molecule has 34 heavy (non-hydrogen) atoms. The number of nitrogens with zero attached hydrogens (tertiary/aromatic N) is 2. The van der Waals surface area contributed by atoms with Crippen molar-refractivity contribution in [2.75, 3.05) is 6.54 Å². The normalized spacial score (nSPS) is 17.9. The fraction of sp³-hybridized carbons (Fsp3) is 0.400. The molecule has 180 valence electrons. The Morgan fingerprint density at radius 1 is 1.12 bits per heavy atom. The summed E-state index contributed by atoms with van der Waals surface area (Å²) < 4.78 is 26.5. The minimum Gasteiger partial charge on any atom is -0.352 e. The summed E-state index contributed by atoms with van der Waals surface area (Å²) in [6.07, 6.45) is 3.92. The third kappa shape index (κ3) is 4.70. The minimum atomic E-state index is -4.13. The highest BCUT2D eigenvalue weighted by Gasteiger charge is 2.43. The number of carbonyl (C=O) groups is 3. The maximum absolute atomic E-state index is 13.4. The van der Waals surface area contributed by atoms with E-state index in [-0.39, 0.29) is 29.0 Å².